The van der Waals surface area contributed by atoms with Crippen LogP contribution in [0.25, 0.3) is 0 Å². The number of nitrogens with zero attached hydrogens (tertiary/aromatic N) is 3. The van der Waals surface area contributed by atoms with Gasteiger partial charge in [0, 0.05) is 31.6 Å². The number of anilines is 1. The van der Waals surface area contributed by atoms with E-state index in [0.717, 1.165) is 9.87 Å². The smallest absolute Gasteiger partial charge is 0.269 e. The maximum atomic E-state index is 14.5. The summed E-state index contributed by atoms with van der Waals surface area (Å²) in [4.78, 5) is 40.3. The number of halogens is 2. The minimum Gasteiger partial charge on any atom is -0.354 e. The van der Waals surface area contributed by atoms with Crippen molar-refractivity contribution in [3.8, 4) is 0 Å². The zero-order chi connectivity index (χ0) is 34.1. The normalized spacial score (nSPS) is 11.9. The van der Waals surface area contributed by atoms with Crippen molar-refractivity contribution in [3.63, 3.8) is 0 Å². The van der Waals surface area contributed by atoms with Gasteiger partial charge in [0.2, 0.25) is 11.8 Å². The van der Waals surface area contributed by atoms with Crippen LogP contribution in [0.2, 0.25) is 10.0 Å². The molecule has 0 spiro atoms. The average molecular weight is 698 g/mol. The first-order valence-corrected chi connectivity index (χ1v) is 16.9. The number of benzene rings is 4. The summed E-state index contributed by atoms with van der Waals surface area (Å²) in [5.74, 6) is -0.970. The van der Waals surface area contributed by atoms with Crippen LogP contribution in [0.4, 0.5) is 11.4 Å². The Morgan fingerprint density at radius 2 is 1.47 bits per heavy atom. The summed E-state index contributed by atoms with van der Waals surface area (Å²) in [5, 5.41) is 14.8. The predicted octanol–water partition coefficient (Wildman–Crippen LogP) is 6.51. The van der Waals surface area contributed by atoms with Gasteiger partial charge in [-0.3, -0.25) is 24.0 Å². The van der Waals surface area contributed by atoms with Crippen LogP contribution < -0.4 is 9.62 Å². The van der Waals surface area contributed by atoms with Crippen LogP contribution in [-0.4, -0.2) is 49.2 Å². The number of sulfonamides is 1. The molecule has 0 unspecified atom stereocenters. The summed E-state index contributed by atoms with van der Waals surface area (Å²) in [6, 6.07) is 25.4. The van der Waals surface area contributed by atoms with E-state index in [9.17, 15) is 28.1 Å². The second-order valence-electron chi connectivity index (χ2n) is 11.2. The van der Waals surface area contributed by atoms with Gasteiger partial charge in [-0.15, -0.1) is 0 Å². The zero-order valence-electron chi connectivity index (χ0n) is 25.8. The average Bonchev–Trinajstić information content (AvgIpc) is 3.06. The summed E-state index contributed by atoms with van der Waals surface area (Å²) < 4.78 is 29.0. The molecule has 0 aliphatic heterocycles. The molecule has 13 heteroatoms. The SMILES string of the molecule is CC(C)CNC(=O)[C@H](Cc1ccccc1)N(Cc1ccc(Cl)c(Cl)c1)C(=O)CN(c1ccc([N+](=O)[O-])cc1)S(=O)(=O)c1ccccc1. The summed E-state index contributed by atoms with van der Waals surface area (Å²) in [5.41, 5.74) is 1.14. The van der Waals surface area contributed by atoms with Gasteiger partial charge in [-0.2, -0.15) is 0 Å². The van der Waals surface area contributed by atoms with Crippen LogP contribution in [-0.2, 0) is 32.6 Å². The molecule has 10 nitrogen and oxygen atoms in total. The molecular formula is C34H34Cl2N4O6S. The quantitative estimate of drug-likeness (QED) is 0.118. The van der Waals surface area contributed by atoms with Crippen molar-refractivity contribution in [2.45, 2.75) is 37.8 Å². The number of non-ortho nitro benzene ring substituents is 1. The predicted molar refractivity (Wildman–Crippen MR) is 183 cm³/mol. The van der Waals surface area contributed by atoms with Gasteiger partial charge >= 0.3 is 0 Å². The van der Waals surface area contributed by atoms with Crippen molar-refractivity contribution in [2.24, 2.45) is 5.92 Å². The van der Waals surface area contributed by atoms with Gasteiger partial charge < -0.3 is 10.2 Å². The van der Waals surface area contributed by atoms with Gasteiger partial charge in [0.1, 0.15) is 12.6 Å². The van der Waals surface area contributed by atoms with E-state index < -0.39 is 39.3 Å². The van der Waals surface area contributed by atoms with Gasteiger partial charge in [-0.1, -0.05) is 91.6 Å². The van der Waals surface area contributed by atoms with E-state index in [4.69, 9.17) is 23.2 Å². The van der Waals surface area contributed by atoms with E-state index in [1.54, 1.807) is 36.4 Å². The van der Waals surface area contributed by atoms with Gasteiger partial charge in [-0.25, -0.2) is 8.42 Å². The Labute approximate surface area is 284 Å². The van der Waals surface area contributed by atoms with Crippen LogP contribution in [0.3, 0.4) is 0 Å². The van der Waals surface area contributed by atoms with Gasteiger partial charge in [0.25, 0.3) is 15.7 Å². The van der Waals surface area contributed by atoms with Crippen LogP contribution in [0.5, 0.6) is 0 Å². The van der Waals surface area contributed by atoms with Crippen LogP contribution in [0.1, 0.15) is 25.0 Å². The monoisotopic (exact) mass is 696 g/mol. The second-order valence-corrected chi connectivity index (χ2v) is 13.9. The van der Waals surface area contributed by atoms with Crippen LogP contribution >= 0.6 is 23.2 Å². The minimum absolute atomic E-state index is 0.0335. The highest BCUT2D eigenvalue weighted by molar-refractivity contribution is 7.92. The van der Waals surface area contributed by atoms with E-state index in [1.807, 2.05) is 44.2 Å². The first kappa shape index (κ1) is 35.4. The molecular weight excluding hydrogens is 663 g/mol. The van der Waals surface area contributed by atoms with E-state index >= 15 is 0 Å². The third-order valence-electron chi connectivity index (χ3n) is 7.25. The lowest BCUT2D eigenvalue weighted by atomic mass is 10.0. The Balaban J connectivity index is 1.82. The molecule has 246 valence electrons. The molecule has 0 radical (unpaired) electrons. The second kappa shape index (κ2) is 15.9. The Bertz CT molecular complexity index is 1810. The molecule has 0 fully saturated rings. The third kappa shape index (κ3) is 9.31. The van der Waals surface area contributed by atoms with Crippen molar-refractivity contribution < 1.29 is 22.9 Å². The lowest BCUT2D eigenvalue weighted by Gasteiger charge is -2.34. The number of nitrogens with one attached hydrogen (secondary N) is 1. The summed E-state index contributed by atoms with van der Waals surface area (Å²) >= 11 is 12.5. The van der Waals surface area contributed by atoms with Crippen molar-refractivity contribution in [1.29, 1.82) is 0 Å². The molecule has 4 rings (SSSR count). The van der Waals surface area contributed by atoms with E-state index in [0.29, 0.717) is 17.1 Å². The van der Waals surface area contributed by atoms with Gasteiger partial charge in [0.05, 0.1) is 25.6 Å². The fourth-order valence-corrected chi connectivity index (χ4v) is 6.56. The Morgan fingerprint density at radius 3 is 2.04 bits per heavy atom. The number of carbonyl (C=O) groups is 2. The Hall–Kier alpha value is -4.45. The molecule has 1 atom stereocenters. The number of amides is 2. The van der Waals surface area contributed by atoms with E-state index in [1.165, 1.54) is 41.3 Å². The Morgan fingerprint density at radius 1 is 0.851 bits per heavy atom. The molecule has 1 N–H and O–H groups in total. The number of carbonyl (C=O) groups excluding carboxylic acids is 2. The third-order valence-corrected chi connectivity index (χ3v) is 9.78. The van der Waals surface area contributed by atoms with Crippen molar-refractivity contribution >= 4 is 56.4 Å². The molecule has 4 aromatic carbocycles. The molecule has 0 aliphatic carbocycles. The number of hydrogen-bond donors (Lipinski definition) is 1. The molecule has 2 amide bonds. The minimum atomic E-state index is -4.35. The molecule has 47 heavy (non-hydrogen) atoms. The van der Waals surface area contributed by atoms with Gasteiger partial charge in [-0.05, 0) is 53.4 Å². The first-order chi connectivity index (χ1) is 22.4. The topological polar surface area (TPSA) is 130 Å². The highest BCUT2D eigenvalue weighted by atomic mass is 35.5. The largest absolute Gasteiger partial charge is 0.354 e. The van der Waals surface area contributed by atoms with Crippen molar-refractivity contribution in [3.05, 3.63) is 134 Å². The Kier molecular flexibility index (Phi) is 12.0. The number of rotatable bonds is 14. The fraction of sp³-hybridized carbons (Fsp3) is 0.235. The lowest BCUT2D eigenvalue weighted by molar-refractivity contribution is -0.384. The highest BCUT2D eigenvalue weighted by Gasteiger charge is 2.35. The number of nitro benzene ring substituents is 1. The molecule has 0 bridgehead atoms. The number of hydrogen-bond acceptors (Lipinski definition) is 6. The van der Waals surface area contributed by atoms with Crippen molar-refractivity contribution in [1.82, 2.24) is 10.2 Å². The lowest BCUT2D eigenvalue weighted by Crippen LogP contribution is -2.53. The molecule has 0 aliphatic rings. The van der Waals surface area contributed by atoms with Crippen molar-refractivity contribution in [2.75, 3.05) is 17.4 Å². The molecule has 0 aromatic heterocycles. The summed E-state index contributed by atoms with van der Waals surface area (Å²) in [7, 11) is -4.35. The molecule has 0 saturated heterocycles. The summed E-state index contributed by atoms with van der Waals surface area (Å²) in [6.45, 7) is 3.44. The van der Waals surface area contributed by atoms with Crippen LogP contribution in [0.15, 0.2) is 108 Å². The van der Waals surface area contributed by atoms with E-state index in [2.05, 4.69) is 5.32 Å². The summed E-state index contributed by atoms with van der Waals surface area (Å²) in [6.07, 6.45) is 0.140. The standard InChI is InChI=1S/C34H34Cl2N4O6S/c1-24(2)21-37-34(42)32(20-25-9-5-3-6-10-25)38(22-26-13-18-30(35)31(36)19-26)33(41)23-39(27-14-16-28(17-15-27)40(43)44)47(45,46)29-11-7-4-8-12-29/h3-19,24,32H,20-23H2,1-2H3,(H,37,42)/t32-/m0/s1. The molecule has 4 aromatic rings. The number of nitro groups is 1. The molecule has 0 heterocycles. The maximum Gasteiger partial charge on any atom is 0.269 e. The fourth-order valence-electron chi connectivity index (χ4n) is 4.80. The highest BCUT2D eigenvalue weighted by Crippen LogP contribution is 2.28. The maximum absolute atomic E-state index is 14.5. The molecule has 0 saturated carbocycles. The van der Waals surface area contributed by atoms with Gasteiger partial charge in [0.15, 0.2) is 0 Å². The van der Waals surface area contributed by atoms with E-state index in [-0.39, 0.29) is 40.2 Å². The zero-order valence-corrected chi connectivity index (χ0v) is 28.1. The van der Waals surface area contributed by atoms with Crippen LogP contribution in [0, 0.1) is 16.0 Å². The first-order valence-electron chi connectivity index (χ1n) is 14.7.